The molecule has 1 saturated heterocycles. The highest BCUT2D eigenvalue weighted by Gasteiger charge is 2.40. The van der Waals surface area contributed by atoms with Crippen molar-refractivity contribution in [2.24, 2.45) is 5.73 Å². The van der Waals surface area contributed by atoms with Gasteiger partial charge in [-0.2, -0.15) is 12.6 Å². The van der Waals surface area contributed by atoms with Crippen LogP contribution in [0.2, 0.25) is 0 Å². The highest BCUT2D eigenvalue weighted by molar-refractivity contribution is 7.80. The molecule has 0 aliphatic carbocycles. The van der Waals surface area contributed by atoms with Crippen LogP contribution in [0, 0.1) is 0 Å². The van der Waals surface area contributed by atoms with Gasteiger partial charge in [0.15, 0.2) is 0 Å². The van der Waals surface area contributed by atoms with Gasteiger partial charge in [-0.25, -0.2) is 28.5 Å². The lowest BCUT2D eigenvalue weighted by Gasteiger charge is -2.21. The van der Waals surface area contributed by atoms with Crippen molar-refractivity contribution in [2.75, 3.05) is 78.5 Å². The number of thiol groups is 1. The van der Waals surface area contributed by atoms with Gasteiger partial charge in [0.1, 0.15) is 0 Å². The molecule has 0 aromatic heterocycles. The fraction of sp³-hybridized carbons (Fsp3) is 1.00. The van der Waals surface area contributed by atoms with Gasteiger partial charge in [-0.3, -0.25) is 27.1 Å². The largest absolute Gasteiger partial charge is 0.408 e. The highest BCUT2D eigenvalue weighted by atomic mass is 32.1. The van der Waals surface area contributed by atoms with Gasteiger partial charge in [0.05, 0.1) is 65.4 Å². The number of aliphatic hydroxyl groups is 2. The van der Waals surface area contributed by atoms with Gasteiger partial charge in [0.25, 0.3) is 0 Å². The van der Waals surface area contributed by atoms with Crippen molar-refractivity contribution in [2.45, 2.75) is 87.9 Å². The molecular formula is C25H65N4O12P3S. The minimum Gasteiger partial charge on any atom is -0.395 e. The van der Waals surface area contributed by atoms with E-state index in [-0.39, 0.29) is 38.8 Å². The summed E-state index contributed by atoms with van der Waals surface area (Å²) >= 11 is 3.91. The first-order chi connectivity index (χ1) is 20.6. The molecule has 45 heavy (non-hydrogen) atoms. The van der Waals surface area contributed by atoms with Crippen LogP contribution >= 0.6 is 35.9 Å². The van der Waals surface area contributed by atoms with Gasteiger partial charge in [-0.1, -0.05) is 7.43 Å². The number of ether oxygens (including phenoxy) is 1. The minimum absolute atomic E-state index is 0. The molecule has 1 aliphatic heterocycles. The van der Waals surface area contributed by atoms with E-state index < -0.39 is 23.2 Å². The Bertz CT molecular complexity index is 774. The first kappa shape index (κ1) is 52.3. The summed E-state index contributed by atoms with van der Waals surface area (Å²) < 4.78 is 72.3. The van der Waals surface area contributed by atoms with Crippen LogP contribution < -0.4 is 15.9 Å². The SMILES string of the molecule is C.CCOP(=O)(N[C@@H](C)CO)OCC.CCOP(=O)(N[C@@H](C)COCS)OCC.CCOP(=O)(OCC)N1CC1.C[C@H](N)CO. The lowest BCUT2D eigenvalue weighted by Crippen LogP contribution is -2.29. The zero-order valence-electron chi connectivity index (χ0n) is 28.0. The molecule has 0 aromatic carbocycles. The molecule has 0 bridgehead atoms. The fourth-order valence-corrected chi connectivity index (χ4v) is 7.35. The smallest absolute Gasteiger partial charge is 0.395 e. The summed E-state index contributed by atoms with van der Waals surface area (Å²) in [5.74, 6) is 0.333. The van der Waals surface area contributed by atoms with E-state index in [0.29, 0.717) is 52.2 Å². The standard InChI is InChI=1S/C8H20NO4PS.C7H18NO4P.C6H14NO3P.C3H9NO.CH4/c1-4-12-14(10,13-5-2)9-8(3)6-11-7-15;1-4-11-13(10,12-5-2)8-7(3)6-9;1-3-9-11(8,10-4-2)7-5-6-7;1-3(4)2-5;/h8,15H,4-7H2,1-3H3,(H,9,10);7,9H,4-6H2,1-3H3,(H,8,10);3-6H2,1-2H3;3,5H,2,4H2,1H3;1H4/t8-;7-;;3-;/m00.0./s1. The molecular weight excluding hydrogens is 673 g/mol. The Morgan fingerprint density at radius 3 is 1.29 bits per heavy atom. The number of nitrogens with one attached hydrogen (secondary N) is 2. The van der Waals surface area contributed by atoms with Crippen molar-refractivity contribution in [3.05, 3.63) is 0 Å². The van der Waals surface area contributed by atoms with Crippen molar-refractivity contribution in [1.82, 2.24) is 14.8 Å². The Balaban J connectivity index is -0.000000259. The Hall–Kier alpha value is 0.520. The number of aliphatic hydroxyl groups excluding tert-OH is 2. The van der Waals surface area contributed by atoms with Gasteiger partial charge in [-0.15, -0.1) is 0 Å². The molecule has 0 unspecified atom stereocenters. The molecule has 20 heteroatoms. The van der Waals surface area contributed by atoms with Crippen molar-refractivity contribution < 1.29 is 55.8 Å². The van der Waals surface area contributed by atoms with Crippen molar-refractivity contribution >= 4 is 35.9 Å². The summed E-state index contributed by atoms with van der Waals surface area (Å²) in [6.45, 7) is 20.1. The Labute approximate surface area is 278 Å². The zero-order valence-corrected chi connectivity index (χ0v) is 31.6. The van der Waals surface area contributed by atoms with Crippen LogP contribution in [0.1, 0.15) is 69.7 Å². The lowest BCUT2D eigenvalue weighted by atomic mass is 10.4. The number of hydrogen-bond donors (Lipinski definition) is 6. The van der Waals surface area contributed by atoms with Gasteiger partial charge < -0.3 is 20.7 Å². The second-order valence-corrected chi connectivity index (χ2v) is 14.6. The monoisotopic (exact) mass is 738 g/mol. The van der Waals surface area contributed by atoms with Crippen molar-refractivity contribution in [3.8, 4) is 0 Å². The van der Waals surface area contributed by atoms with Gasteiger partial charge in [0, 0.05) is 31.2 Å². The third-order valence-electron chi connectivity index (χ3n) is 4.33. The molecule has 3 atom stereocenters. The maximum absolute atomic E-state index is 12.0. The van der Waals surface area contributed by atoms with Crippen molar-refractivity contribution in [1.29, 1.82) is 0 Å². The van der Waals surface area contributed by atoms with Gasteiger partial charge >= 0.3 is 23.2 Å². The molecule has 6 N–H and O–H groups in total. The zero-order chi connectivity index (χ0) is 34.7. The van der Waals surface area contributed by atoms with E-state index >= 15 is 0 Å². The number of nitrogens with zero attached hydrogens (tertiary/aromatic N) is 1. The summed E-state index contributed by atoms with van der Waals surface area (Å²) in [6.07, 6.45) is 0. The summed E-state index contributed by atoms with van der Waals surface area (Å²) in [7, 11) is -9.22. The van der Waals surface area contributed by atoms with Crippen LogP contribution in [0.15, 0.2) is 0 Å². The van der Waals surface area contributed by atoms with E-state index in [1.54, 1.807) is 46.2 Å². The molecule has 0 saturated carbocycles. The molecule has 0 amide bonds. The first-order valence-corrected chi connectivity index (χ1v) is 20.0. The molecule has 1 fully saturated rings. The fourth-order valence-electron chi connectivity index (χ4n) is 2.57. The topological polar surface area (TPSA) is 209 Å². The summed E-state index contributed by atoms with van der Waals surface area (Å²) in [5.41, 5.74) is 5.04. The highest BCUT2D eigenvalue weighted by Crippen LogP contribution is 2.55. The molecule has 0 spiro atoms. The van der Waals surface area contributed by atoms with Crippen LogP contribution in [0.25, 0.3) is 0 Å². The van der Waals surface area contributed by atoms with Crippen LogP contribution in [0.3, 0.4) is 0 Å². The predicted molar refractivity (Wildman–Crippen MR) is 184 cm³/mol. The van der Waals surface area contributed by atoms with Crippen LogP contribution in [0.5, 0.6) is 0 Å². The lowest BCUT2D eigenvalue weighted by molar-refractivity contribution is 0.154. The predicted octanol–water partition coefficient (Wildman–Crippen LogP) is 4.63. The van der Waals surface area contributed by atoms with E-state index in [9.17, 15) is 13.7 Å². The maximum atomic E-state index is 12.0. The van der Waals surface area contributed by atoms with Gasteiger partial charge in [-0.05, 0) is 62.3 Å². The third-order valence-corrected chi connectivity index (χ3v) is 10.7. The molecule has 16 nitrogen and oxygen atoms in total. The average Bonchev–Trinajstić information content (AvgIpc) is 3.80. The molecule has 1 heterocycles. The second kappa shape index (κ2) is 31.8. The quantitative estimate of drug-likeness (QED) is 0.0387. The van der Waals surface area contributed by atoms with E-state index in [4.69, 9.17) is 47.8 Å². The first-order valence-electron chi connectivity index (χ1n) is 14.8. The normalized spacial score (nSPS) is 15.1. The molecule has 278 valence electrons. The molecule has 0 aromatic rings. The van der Waals surface area contributed by atoms with Crippen LogP contribution in [-0.4, -0.2) is 111 Å². The minimum atomic E-state index is -3.20. The Morgan fingerprint density at radius 1 is 0.711 bits per heavy atom. The average molecular weight is 739 g/mol. The maximum Gasteiger partial charge on any atom is 0.408 e. The summed E-state index contributed by atoms with van der Waals surface area (Å²) in [6, 6.07) is -0.472. The molecule has 0 radical (unpaired) electrons. The molecule has 1 aliphatic rings. The summed E-state index contributed by atoms with van der Waals surface area (Å²) in [5, 5.41) is 22.1. The van der Waals surface area contributed by atoms with E-state index in [0.717, 1.165) is 13.1 Å². The van der Waals surface area contributed by atoms with E-state index in [2.05, 4.69) is 22.8 Å². The number of rotatable bonds is 22. The van der Waals surface area contributed by atoms with Crippen molar-refractivity contribution in [3.63, 3.8) is 0 Å². The second-order valence-electron chi connectivity index (χ2n) is 8.83. The Kier molecular flexibility index (Phi) is 36.9. The van der Waals surface area contributed by atoms with Gasteiger partial charge in [0.2, 0.25) is 0 Å². The Morgan fingerprint density at radius 2 is 1.04 bits per heavy atom. The number of hydrogen-bond acceptors (Lipinski definition) is 14. The molecule has 1 rings (SSSR count). The summed E-state index contributed by atoms with van der Waals surface area (Å²) in [4.78, 5) is 0. The van der Waals surface area contributed by atoms with E-state index in [1.165, 1.54) is 0 Å². The van der Waals surface area contributed by atoms with Crippen LogP contribution in [-0.2, 0) is 45.6 Å². The van der Waals surface area contributed by atoms with Crippen LogP contribution in [0.4, 0.5) is 0 Å². The third kappa shape index (κ3) is 30.3. The number of nitrogens with two attached hydrogens (primary N) is 1. The van der Waals surface area contributed by atoms with E-state index in [1.807, 2.05) is 20.8 Å².